The Morgan fingerprint density at radius 1 is 1.31 bits per heavy atom. The van der Waals surface area contributed by atoms with Crippen LogP contribution >= 0.6 is 11.6 Å². The molecule has 82 valence electrons. The summed E-state index contributed by atoms with van der Waals surface area (Å²) in [7, 11) is 0. The number of aromatic amines is 1. The van der Waals surface area contributed by atoms with Crippen LogP contribution in [0.5, 0.6) is 0 Å². The molecule has 0 saturated heterocycles. The molecule has 0 atom stereocenters. The van der Waals surface area contributed by atoms with E-state index in [1.165, 1.54) is 10.9 Å². The molecule has 2 aromatic rings. The van der Waals surface area contributed by atoms with Crippen LogP contribution < -0.4 is 5.56 Å². The van der Waals surface area contributed by atoms with Crippen molar-refractivity contribution in [2.45, 2.75) is 0 Å². The maximum atomic E-state index is 11.2. The fourth-order valence-electron chi connectivity index (χ4n) is 1.28. The largest absolute Gasteiger partial charge is 0.477 e. The zero-order chi connectivity index (χ0) is 11.7. The van der Waals surface area contributed by atoms with Crippen molar-refractivity contribution in [2.75, 3.05) is 0 Å². The summed E-state index contributed by atoms with van der Waals surface area (Å²) in [6.07, 6.45) is 1.23. The average molecular weight is 239 g/mol. The van der Waals surface area contributed by atoms with Crippen molar-refractivity contribution < 1.29 is 9.90 Å². The predicted octanol–water partition coefficient (Wildman–Crippen LogP) is 1.52. The topological polar surface area (TPSA) is 75.1 Å². The number of carboxylic acid groups (broad SMARTS) is 1. The van der Waals surface area contributed by atoms with Gasteiger partial charge in [-0.25, -0.2) is 4.79 Å². The Hall–Kier alpha value is -2.01. The Kier molecular flexibility index (Phi) is 2.54. The van der Waals surface area contributed by atoms with Crippen molar-refractivity contribution in [2.24, 2.45) is 0 Å². The molecule has 2 N–H and O–H groups in total. The number of aromatic nitrogens is 2. The Morgan fingerprint density at radius 2 is 1.94 bits per heavy atom. The number of rotatable bonds is 2. The van der Waals surface area contributed by atoms with Crippen LogP contribution in [0.2, 0.25) is 5.02 Å². The van der Waals surface area contributed by atoms with E-state index in [0.29, 0.717) is 10.7 Å². The fraction of sp³-hybridized carbons (Fsp3) is 0. The van der Waals surface area contributed by atoms with E-state index in [1.807, 2.05) is 0 Å². The van der Waals surface area contributed by atoms with Crippen LogP contribution in [0.4, 0.5) is 0 Å². The van der Waals surface area contributed by atoms with Crippen LogP contribution in [0.25, 0.3) is 5.69 Å². The lowest BCUT2D eigenvalue weighted by atomic mass is 10.3. The molecular weight excluding hydrogens is 232 g/mol. The van der Waals surface area contributed by atoms with Gasteiger partial charge in [-0.3, -0.25) is 14.6 Å². The van der Waals surface area contributed by atoms with E-state index in [4.69, 9.17) is 16.7 Å². The molecule has 0 spiro atoms. The van der Waals surface area contributed by atoms with Gasteiger partial charge in [-0.1, -0.05) is 11.6 Å². The van der Waals surface area contributed by atoms with Crippen LogP contribution in [0.1, 0.15) is 10.4 Å². The molecule has 0 fully saturated rings. The second-order valence-electron chi connectivity index (χ2n) is 3.14. The van der Waals surface area contributed by atoms with Gasteiger partial charge in [0.2, 0.25) is 0 Å². The minimum atomic E-state index is -1.26. The lowest BCUT2D eigenvalue weighted by Gasteiger charge is -2.00. The van der Waals surface area contributed by atoms with Gasteiger partial charge in [0.25, 0.3) is 5.56 Å². The van der Waals surface area contributed by atoms with E-state index in [-0.39, 0.29) is 5.56 Å². The number of hydrogen-bond donors (Lipinski definition) is 2. The third kappa shape index (κ3) is 1.85. The second-order valence-corrected chi connectivity index (χ2v) is 3.57. The molecule has 1 aromatic heterocycles. The summed E-state index contributed by atoms with van der Waals surface area (Å²) < 4.78 is 1.34. The molecule has 0 aliphatic heterocycles. The average Bonchev–Trinajstić information content (AvgIpc) is 2.61. The van der Waals surface area contributed by atoms with Crippen molar-refractivity contribution >= 4 is 17.6 Å². The number of halogens is 1. The molecule has 0 aliphatic rings. The first kappa shape index (κ1) is 10.5. The maximum Gasteiger partial charge on any atom is 0.342 e. The van der Waals surface area contributed by atoms with E-state index >= 15 is 0 Å². The summed E-state index contributed by atoms with van der Waals surface area (Å²) in [5.74, 6) is -1.26. The fourth-order valence-corrected chi connectivity index (χ4v) is 1.41. The molecule has 2 rings (SSSR count). The minimum absolute atomic E-state index is 0.296. The zero-order valence-corrected chi connectivity index (χ0v) is 8.73. The first-order chi connectivity index (χ1) is 7.58. The third-order valence-electron chi connectivity index (χ3n) is 2.06. The van der Waals surface area contributed by atoms with Crippen LogP contribution in [-0.4, -0.2) is 20.9 Å². The van der Waals surface area contributed by atoms with Gasteiger partial charge in [0.05, 0.1) is 5.69 Å². The zero-order valence-electron chi connectivity index (χ0n) is 7.98. The van der Waals surface area contributed by atoms with E-state index in [1.54, 1.807) is 24.3 Å². The first-order valence-corrected chi connectivity index (χ1v) is 4.76. The highest BCUT2D eigenvalue weighted by atomic mass is 35.5. The SMILES string of the molecule is O=C(O)c1cn(-c2ccc(Cl)cc2)[nH]c1=O. The molecular formula is C10H7ClN2O3. The van der Waals surface area contributed by atoms with Gasteiger partial charge in [-0.15, -0.1) is 0 Å². The molecule has 16 heavy (non-hydrogen) atoms. The van der Waals surface area contributed by atoms with Crippen LogP contribution in [0, 0.1) is 0 Å². The van der Waals surface area contributed by atoms with Crippen molar-refractivity contribution in [1.82, 2.24) is 9.78 Å². The van der Waals surface area contributed by atoms with Crippen LogP contribution in [-0.2, 0) is 0 Å². The van der Waals surface area contributed by atoms with Crippen molar-refractivity contribution in [1.29, 1.82) is 0 Å². The smallest absolute Gasteiger partial charge is 0.342 e. The van der Waals surface area contributed by atoms with E-state index in [2.05, 4.69) is 5.10 Å². The molecule has 6 heteroatoms. The van der Waals surface area contributed by atoms with Gasteiger partial charge in [0, 0.05) is 11.2 Å². The number of H-pyrrole nitrogens is 1. The lowest BCUT2D eigenvalue weighted by Crippen LogP contribution is -2.11. The number of benzene rings is 1. The summed E-state index contributed by atoms with van der Waals surface area (Å²) >= 11 is 5.71. The van der Waals surface area contributed by atoms with Crippen molar-refractivity contribution in [3.63, 3.8) is 0 Å². The van der Waals surface area contributed by atoms with E-state index in [0.717, 1.165) is 0 Å². The number of hydrogen-bond acceptors (Lipinski definition) is 2. The third-order valence-corrected chi connectivity index (χ3v) is 2.31. The summed E-state index contributed by atoms with van der Waals surface area (Å²) in [5, 5.41) is 11.7. The monoisotopic (exact) mass is 238 g/mol. The van der Waals surface area contributed by atoms with Gasteiger partial charge in [-0.05, 0) is 24.3 Å². The molecule has 1 heterocycles. The second kappa shape index (κ2) is 3.86. The van der Waals surface area contributed by atoms with E-state index < -0.39 is 11.5 Å². The Labute approximate surface area is 94.9 Å². The number of nitrogens with one attached hydrogen (secondary N) is 1. The highest BCUT2D eigenvalue weighted by molar-refractivity contribution is 6.30. The van der Waals surface area contributed by atoms with Crippen molar-refractivity contribution in [3.8, 4) is 5.69 Å². The van der Waals surface area contributed by atoms with Gasteiger partial charge in [0.15, 0.2) is 0 Å². The molecule has 0 radical (unpaired) electrons. The molecule has 0 bridgehead atoms. The molecule has 0 saturated carbocycles. The van der Waals surface area contributed by atoms with Gasteiger partial charge in [0.1, 0.15) is 5.56 Å². The first-order valence-electron chi connectivity index (χ1n) is 4.39. The summed E-state index contributed by atoms with van der Waals surface area (Å²) in [5.41, 5.74) is -0.300. The standard InChI is InChI=1S/C10H7ClN2O3/c11-6-1-3-7(4-2-6)13-5-8(10(15)16)9(14)12-13/h1-5H,(H,12,14)(H,15,16). The molecule has 0 unspecified atom stereocenters. The van der Waals surface area contributed by atoms with Crippen LogP contribution in [0.15, 0.2) is 35.3 Å². The number of aromatic carboxylic acids is 1. The maximum absolute atomic E-state index is 11.2. The van der Waals surface area contributed by atoms with Gasteiger partial charge >= 0.3 is 5.97 Å². The number of carbonyl (C=O) groups is 1. The van der Waals surface area contributed by atoms with E-state index in [9.17, 15) is 9.59 Å². The molecule has 0 amide bonds. The normalized spacial score (nSPS) is 10.3. The Morgan fingerprint density at radius 3 is 2.44 bits per heavy atom. The number of carboxylic acids is 1. The predicted molar refractivity (Wildman–Crippen MR) is 58.4 cm³/mol. The van der Waals surface area contributed by atoms with Crippen molar-refractivity contribution in [3.05, 3.63) is 51.4 Å². The Balaban J connectivity index is 2.49. The van der Waals surface area contributed by atoms with Gasteiger partial charge in [-0.2, -0.15) is 0 Å². The Bertz CT molecular complexity index is 583. The van der Waals surface area contributed by atoms with Crippen LogP contribution in [0.3, 0.4) is 0 Å². The number of nitrogens with zero attached hydrogens (tertiary/aromatic N) is 1. The molecule has 0 aliphatic carbocycles. The molecule has 1 aromatic carbocycles. The minimum Gasteiger partial charge on any atom is -0.477 e. The summed E-state index contributed by atoms with van der Waals surface area (Å²) in [6.45, 7) is 0. The lowest BCUT2D eigenvalue weighted by molar-refractivity contribution is 0.0695. The quantitative estimate of drug-likeness (QED) is 0.833. The van der Waals surface area contributed by atoms with Gasteiger partial charge < -0.3 is 5.11 Å². The molecule has 5 nitrogen and oxygen atoms in total. The highest BCUT2D eigenvalue weighted by Crippen LogP contribution is 2.12. The summed E-state index contributed by atoms with van der Waals surface area (Å²) in [4.78, 5) is 21.9. The highest BCUT2D eigenvalue weighted by Gasteiger charge is 2.11. The summed E-state index contributed by atoms with van der Waals surface area (Å²) in [6, 6.07) is 6.64.